The Hall–Kier alpha value is -1.81. The van der Waals surface area contributed by atoms with Gasteiger partial charge in [-0.1, -0.05) is 18.6 Å². The van der Waals surface area contributed by atoms with E-state index in [1.54, 1.807) is 11.3 Å². The lowest BCUT2D eigenvalue weighted by Crippen LogP contribution is -2.21. The third kappa shape index (κ3) is 3.45. The Kier molecular flexibility index (Phi) is 4.25. The maximum Gasteiger partial charge on any atom is 0.261 e. The second-order valence-electron chi connectivity index (χ2n) is 5.55. The van der Waals surface area contributed by atoms with Crippen LogP contribution in [0.2, 0.25) is 0 Å². The minimum Gasteiger partial charge on any atom is -0.399 e. The normalized spacial score (nSPS) is 14.3. The fourth-order valence-corrected chi connectivity index (χ4v) is 3.92. The molecule has 0 radical (unpaired) electrons. The molecule has 2 aromatic rings. The predicted molar refractivity (Wildman–Crippen MR) is 87.6 cm³/mol. The van der Waals surface area contributed by atoms with E-state index in [0.29, 0.717) is 6.54 Å². The first-order chi connectivity index (χ1) is 10.2. The molecule has 0 saturated heterocycles. The molecule has 1 aromatic carbocycles. The lowest BCUT2D eigenvalue weighted by molar-refractivity contribution is 0.0955. The summed E-state index contributed by atoms with van der Waals surface area (Å²) in [5, 5.41) is 2.98. The Balaban J connectivity index is 1.65. The summed E-state index contributed by atoms with van der Waals surface area (Å²) in [6, 6.07) is 9.70. The topological polar surface area (TPSA) is 55.1 Å². The number of nitrogen functional groups attached to an aromatic ring is 1. The lowest BCUT2D eigenvalue weighted by atomic mass is 10.1. The monoisotopic (exact) mass is 300 g/mol. The van der Waals surface area contributed by atoms with Crippen molar-refractivity contribution in [2.75, 3.05) is 5.73 Å². The van der Waals surface area contributed by atoms with E-state index in [9.17, 15) is 4.79 Å². The Labute approximate surface area is 129 Å². The highest BCUT2D eigenvalue weighted by atomic mass is 32.1. The molecule has 0 saturated carbocycles. The molecule has 1 heterocycles. The van der Waals surface area contributed by atoms with Crippen molar-refractivity contribution in [1.29, 1.82) is 0 Å². The Morgan fingerprint density at radius 2 is 2.05 bits per heavy atom. The molecule has 0 atom stereocenters. The number of anilines is 1. The van der Waals surface area contributed by atoms with Gasteiger partial charge in [-0.05, 0) is 55.0 Å². The average molecular weight is 300 g/mol. The van der Waals surface area contributed by atoms with Crippen molar-refractivity contribution < 1.29 is 4.79 Å². The molecule has 3 nitrogen and oxygen atoms in total. The van der Waals surface area contributed by atoms with Crippen molar-refractivity contribution in [3.05, 3.63) is 51.2 Å². The van der Waals surface area contributed by atoms with E-state index < -0.39 is 0 Å². The van der Waals surface area contributed by atoms with Crippen LogP contribution in [0.3, 0.4) is 0 Å². The van der Waals surface area contributed by atoms with Crippen LogP contribution in [-0.2, 0) is 19.4 Å². The van der Waals surface area contributed by atoms with Crippen LogP contribution in [0.25, 0.3) is 0 Å². The molecule has 0 fully saturated rings. The summed E-state index contributed by atoms with van der Waals surface area (Å²) in [7, 11) is 0. The van der Waals surface area contributed by atoms with Gasteiger partial charge < -0.3 is 11.1 Å². The van der Waals surface area contributed by atoms with Crippen LogP contribution in [0.4, 0.5) is 5.69 Å². The van der Waals surface area contributed by atoms with E-state index in [-0.39, 0.29) is 5.91 Å². The summed E-state index contributed by atoms with van der Waals surface area (Å²) in [6.45, 7) is 0.520. The summed E-state index contributed by atoms with van der Waals surface area (Å²) in [4.78, 5) is 14.5. The molecule has 1 aliphatic carbocycles. The van der Waals surface area contributed by atoms with Gasteiger partial charge in [0.25, 0.3) is 5.91 Å². The third-order valence-electron chi connectivity index (χ3n) is 3.87. The highest BCUT2D eigenvalue weighted by molar-refractivity contribution is 7.14. The number of amides is 1. The maximum absolute atomic E-state index is 12.3. The van der Waals surface area contributed by atoms with E-state index in [4.69, 9.17) is 5.73 Å². The van der Waals surface area contributed by atoms with Crippen molar-refractivity contribution in [3.63, 3.8) is 0 Å². The van der Waals surface area contributed by atoms with Crippen molar-refractivity contribution in [2.24, 2.45) is 0 Å². The summed E-state index contributed by atoms with van der Waals surface area (Å²) in [6.07, 6.45) is 6.04. The van der Waals surface area contributed by atoms with Gasteiger partial charge >= 0.3 is 0 Å². The molecule has 21 heavy (non-hydrogen) atoms. The number of hydrogen-bond donors (Lipinski definition) is 2. The summed E-state index contributed by atoms with van der Waals surface area (Å²) in [5.74, 6) is 0.0236. The third-order valence-corrected chi connectivity index (χ3v) is 5.11. The molecule has 0 unspecified atom stereocenters. The van der Waals surface area contributed by atoms with Crippen molar-refractivity contribution in [2.45, 2.75) is 38.6 Å². The number of fused-ring (bicyclic) bond motifs is 1. The van der Waals surface area contributed by atoms with Crippen molar-refractivity contribution in [3.8, 4) is 0 Å². The van der Waals surface area contributed by atoms with Gasteiger partial charge in [-0.2, -0.15) is 0 Å². The van der Waals surface area contributed by atoms with E-state index >= 15 is 0 Å². The molecule has 3 rings (SSSR count). The summed E-state index contributed by atoms with van der Waals surface area (Å²) >= 11 is 1.66. The lowest BCUT2D eigenvalue weighted by Gasteiger charge is -2.04. The van der Waals surface area contributed by atoms with Crippen LogP contribution in [0.5, 0.6) is 0 Å². The van der Waals surface area contributed by atoms with E-state index in [0.717, 1.165) is 29.0 Å². The zero-order valence-corrected chi connectivity index (χ0v) is 12.8. The van der Waals surface area contributed by atoms with Gasteiger partial charge in [-0.3, -0.25) is 4.79 Å². The van der Waals surface area contributed by atoms with Gasteiger partial charge in [-0.15, -0.1) is 11.3 Å². The molecular weight excluding hydrogens is 280 g/mol. The Morgan fingerprint density at radius 3 is 2.90 bits per heavy atom. The summed E-state index contributed by atoms with van der Waals surface area (Å²) in [5.41, 5.74) is 8.88. The van der Waals surface area contributed by atoms with Crippen LogP contribution >= 0.6 is 11.3 Å². The number of aryl methyl sites for hydroxylation is 2. The van der Waals surface area contributed by atoms with Gasteiger partial charge in [0, 0.05) is 17.1 Å². The molecule has 1 aromatic heterocycles. The zero-order chi connectivity index (χ0) is 14.7. The molecule has 0 aliphatic heterocycles. The summed E-state index contributed by atoms with van der Waals surface area (Å²) < 4.78 is 0. The number of carbonyl (C=O) groups excluding carboxylic acids is 1. The largest absolute Gasteiger partial charge is 0.399 e. The molecule has 110 valence electrons. The quantitative estimate of drug-likeness (QED) is 0.673. The van der Waals surface area contributed by atoms with Crippen LogP contribution in [0.1, 0.15) is 44.9 Å². The second-order valence-corrected chi connectivity index (χ2v) is 6.68. The zero-order valence-electron chi connectivity index (χ0n) is 12.0. The van der Waals surface area contributed by atoms with Gasteiger partial charge in [0.2, 0.25) is 0 Å². The van der Waals surface area contributed by atoms with E-state index in [2.05, 4.69) is 11.4 Å². The highest BCUT2D eigenvalue weighted by Crippen LogP contribution is 2.28. The second kappa shape index (κ2) is 6.31. The van der Waals surface area contributed by atoms with Gasteiger partial charge in [0.1, 0.15) is 0 Å². The minimum atomic E-state index is 0.0236. The number of hydrogen-bond acceptors (Lipinski definition) is 3. The molecule has 0 bridgehead atoms. The number of nitrogens with two attached hydrogens (primary N) is 1. The average Bonchev–Trinajstić information content (AvgIpc) is 2.76. The van der Waals surface area contributed by atoms with Gasteiger partial charge in [-0.25, -0.2) is 0 Å². The number of nitrogens with one attached hydrogen (secondary N) is 1. The number of rotatable bonds is 3. The van der Waals surface area contributed by atoms with Crippen LogP contribution in [0, 0.1) is 0 Å². The molecular formula is C17H20N2OS. The van der Waals surface area contributed by atoms with Crippen LogP contribution < -0.4 is 11.1 Å². The van der Waals surface area contributed by atoms with Crippen molar-refractivity contribution in [1.82, 2.24) is 5.32 Å². The predicted octanol–water partition coefficient (Wildman–Crippen LogP) is 3.53. The standard InChI is InChI=1S/C17H20N2OS/c18-14-7-4-5-12(9-14)11-19-17(20)16-10-13-6-2-1-3-8-15(13)21-16/h4-5,7,9-10H,1-3,6,8,11,18H2,(H,19,20). The molecule has 0 spiro atoms. The fraction of sp³-hybridized carbons (Fsp3) is 0.353. The van der Waals surface area contributed by atoms with Crippen LogP contribution in [0.15, 0.2) is 30.3 Å². The number of thiophene rings is 1. The van der Waals surface area contributed by atoms with E-state index in [1.165, 1.54) is 29.7 Å². The molecule has 3 N–H and O–H groups in total. The Bertz CT molecular complexity index is 624. The van der Waals surface area contributed by atoms with Crippen LogP contribution in [-0.4, -0.2) is 5.91 Å². The van der Waals surface area contributed by atoms with E-state index in [1.807, 2.05) is 24.3 Å². The first-order valence-electron chi connectivity index (χ1n) is 7.46. The molecule has 1 amide bonds. The van der Waals surface area contributed by atoms with Gasteiger partial charge in [0.15, 0.2) is 0 Å². The first kappa shape index (κ1) is 14.1. The smallest absolute Gasteiger partial charge is 0.261 e. The minimum absolute atomic E-state index is 0.0236. The van der Waals surface area contributed by atoms with Gasteiger partial charge in [0.05, 0.1) is 4.88 Å². The Morgan fingerprint density at radius 1 is 1.19 bits per heavy atom. The van der Waals surface area contributed by atoms with Crippen molar-refractivity contribution >= 4 is 22.9 Å². The highest BCUT2D eigenvalue weighted by Gasteiger charge is 2.16. The fourth-order valence-electron chi connectivity index (χ4n) is 2.75. The SMILES string of the molecule is Nc1cccc(CNC(=O)c2cc3c(s2)CCCCC3)c1. The number of benzene rings is 1. The first-order valence-corrected chi connectivity index (χ1v) is 8.28. The maximum atomic E-state index is 12.3. The molecule has 1 aliphatic rings. The molecule has 4 heteroatoms. The number of carbonyl (C=O) groups is 1.